The number of aliphatic imine (C=N–C) groups is 1. The lowest BCUT2D eigenvalue weighted by Gasteiger charge is -2.21. The number of ether oxygens (including phenoxy) is 4. The van der Waals surface area contributed by atoms with Crippen molar-refractivity contribution < 1.29 is 28.5 Å². The summed E-state index contributed by atoms with van der Waals surface area (Å²) in [6, 6.07) is 25.0. The van der Waals surface area contributed by atoms with Crippen LogP contribution in [0.25, 0.3) is 11.6 Å². The molecule has 2 heterocycles. The van der Waals surface area contributed by atoms with Crippen molar-refractivity contribution in [3.05, 3.63) is 112 Å². The molecule has 1 amide bonds. The number of methoxy groups -OCH3 is 2. The fourth-order valence-electron chi connectivity index (χ4n) is 6.70. The molecule has 1 fully saturated rings. The Morgan fingerprint density at radius 3 is 2.06 bits per heavy atom. The van der Waals surface area contributed by atoms with E-state index in [2.05, 4.69) is 11.1 Å². The first-order valence-corrected chi connectivity index (χ1v) is 16.5. The third-order valence-electron chi connectivity index (χ3n) is 9.18. The molecule has 0 spiro atoms. The van der Waals surface area contributed by atoms with Crippen molar-refractivity contribution in [2.45, 2.75) is 38.1 Å². The zero-order valence-electron chi connectivity index (χ0n) is 27.2. The minimum Gasteiger partial charge on any atom is -0.493 e. The molecule has 48 heavy (non-hydrogen) atoms. The molecule has 0 saturated carbocycles. The van der Waals surface area contributed by atoms with E-state index in [1.54, 1.807) is 20.3 Å². The Morgan fingerprint density at radius 2 is 1.38 bits per heavy atom. The van der Waals surface area contributed by atoms with E-state index in [1.807, 2.05) is 83.9 Å². The van der Waals surface area contributed by atoms with Crippen LogP contribution >= 0.6 is 0 Å². The van der Waals surface area contributed by atoms with Crippen LogP contribution in [0.4, 0.5) is 5.69 Å². The molecule has 3 aliphatic rings. The third-order valence-corrected chi connectivity index (χ3v) is 9.18. The third kappa shape index (κ3) is 6.06. The molecule has 244 valence electrons. The molecule has 0 bridgehead atoms. The van der Waals surface area contributed by atoms with Crippen molar-refractivity contribution in [1.82, 2.24) is 4.90 Å². The molecule has 1 atom stereocenters. The first-order valence-electron chi connectivity index (χ1n) is 16.5. The summed E-state index contributed by atoms with van der Waals surface area (Å²) in [7, 11) is 3.23. The fraction of sp³-hybridized carbons (Fsp3) is 0.275. The summed E-state index contributed by atoms with van der Waals surface area (Å²) in [5.74, 6) is 2.50. The maximum absolute atomic E-state index is 13.1. The lowest BCUT2D eigenvalue weighted by molar-refractivity contribution is 0.0774. The number of hydrogen-bond acceptors (Lipinski definition) is 7. The highest BCUT2D eigenvalue weighted by molar-refractivity contribution is 6.20. The van der Waals surface area contributed by atoms with Gasteiger partial charge in [-0.2, -0.15) is 0 Å². The summed E-state index contributed by atoms with van der Waals surface area (Å²) in [5, 5.41) is 0. The monoisotopic (exact) mass is 642 g/mol. The van der Waals surface area contributed by atoms with Crippen LogP contribution in [0.1, 0.15) is 75.1 Å². The largest absolute Gasteiger partial charge is 0.493 e. The van der Waals surface area contributed by atoms with E-state index in [0.29, 0.717) is 58.6 Å². The van der Waals surface area contributed by atoms with Gasteiger partial charge in [0.05, 0.1) is 44.7 Å². The number of benzene rings is 4. The van der Waals surface area contributed by atoms with Crippen molar-refractivity contribution in [3.8, 4) is 23.0 Å². The predicted octanol–water partition coefficient (Wildman–Crippen LogP) is 7.79. The number of carbonyl (C=O) groups is 2. The van der Waals surface area contributed by atoms with Crippen molar-refractivity contribution in [1.29, 1.82) is 0 Å². The highest BCUT2D eigenvalue weighted by Crippen LogP contribution is 2.40. The average Bonchev–Trinajstić information content (AvgIpc) is 3.56. The summed E-state index contributed by atoms with van der Waals surface area (Å²) >= 11 is 0. The topological polar surface area (TPSA) is 86.7 Å². The van der Waals surface area contributed by atoms with Gasteiger partial charge in [-0.15, -0.1) is 0 Å². The summed E-state index contributed by atoms with van der Waals surface area (Å²) in [6.45, 7) is 1.80. The minimum absolute atomic E-state index is 0.00315. The van der Waals surface area contributed by atoms with Gasteiger partial charge in [0.2, 0.25) is 0 Å². The number of fused-ring (bicyclic) bond motifs is 4. The number of rotatable bonds is 11. The summed E-state index contributed by atoms with van der Waals surface area (Å²) < 4.78 is 23.5. The Labute approximate surface area is 280 Å². The quantitative estimate of drug-likeness (QED) is 0.137. The second-order valence-electron chi connectivity index (χ2n) is 12.2. The lowest BCUT2D eigenvalue weighted by atomic mass is 9.81. The van der Waals surface area contributed by atoms with Gasteiger partial charge in [0.1, 0.15) is 0 Å². The second-order valence-corrected chi connectivity index (χ2v) is 12.2. The Balaban J connectivity index is 0.949. The molecule has 4 aromatic carbocycles. The van der Waals surface area contributed by atoms with E-state index in [4.69, 9.17) is 18.9 Å². The van der Waals surface area contributed by atoms with Gasteiger partial charge in [0.25, 0.3) is 5.91 Å². The van der Waals surface area contributed by atoms with Crippen molar-refractivity contribution in [3.63, 3.8) is 0 Å². The number of unbranched alkanes of at least 4 members (excludes halogenated alkanes) is 2. The normalized spacial score (nSPS) is 16.0. The van der Waals surface area contributed by atoms with E-state index in [1.165, 1.54) is 0 Å². The van der Waals surface area contributed by atoms with Gasteiger partial charge < -0.3 is 23.8 Å². The number of hydrogen-bond donors (Lipinski definition) is 0. The van der Waals surface area contributed by atoms with E-state index < -0.39 is 0 Å². The smallest absolute Gasteiger partial charge is 0.256 e. The maximum Gasteiger partial charge on any atom is 0.256 e. The van der Waals surface area contributed by atoms with Crippen molar-refractivity contribution in [2.75, 3.05) is 34.0 Å². The Bertz CT molecular complexity index is 1880. The Morgan fingerprint density at radius 1 is 0.729 bits per heavy atom. The molecule has 4 aromatic rings. The molecule has 2 aliphatic heterocycles. The molecule has 0 N–H and O–H groups in total. The van der Waals surface area contributed by atoms with E-state index in [0.717, 1.165) is 60.9 Å². The molecule has 0 aromatic heterocycles. The van der Waals surface area contributed by atoms with Crippen LogP contribution in [0.2, 0.25) is 0 Å². The van der Waals surface area contributed by atoms with Gasteiger partial charge in [-0.3, -0.25) is 14.6 Å². The zero-order valence-corrected chi connectivity index (χ0v) is 27.2. The summed E-state index contributed by atoms with van der Waals surface area (Å²) in [5.41, 5.74) is 6.41. The highest BCUT2D eigenvalue weighted by Gasteiger charge is 2.32. The molecule has 8 heteroatoms. The van der Waals surface area contributed by atoms with Crippen LogP contribution < -0.4 is 18.9 Å². The molecule has 7 rings (SSSR count). The molecular formula is C40H38N2O6. The number of amides is 1. The SMILES string of the molecule is COc1cc(C=C2c3ccccc3C(=O)c3ccccc32)ccc1OCCCCCOc1cc2c(cc1OC)C(=O)N1CCC[C@H]1C=N2. The standard InChI is InChI=1S/C40H38N2O6/c1-45-36-22-26(21-32-28-12-4-6-14-30(28)39(43)31-15-7-5-13-29(31)32)16-17-35(36)47-19-8-3-9-20-48-38-24-34-33(23-37(38)46-2)40(44)42-18-10-11-27(42)25-41-34/h4-7,12-17,21-25,27H,3,8-11,18-20H2,1-2H3/t27-/m0/s1. The number of ketones is 1. The zero-order chi connectivity index (χ0) is 33.0. The fourth-order valence-corrected chi connectivity index (χ4v) is 6.70. The number of nitrogens with zero attached hydrogens (tertiary/aromatic N) is 2. The first-order chi connectivity index (χ1) is 23.6. The van der Waals surface area contributed by atoms with Crippen LogP contribution in [0.15, 0.2) is 83.9 Å². The summed E-state index contributed by atoms with van der Waals surface area (Å²) in [6.07, 6.45) is 8.50. The van der Waals surface area contributed by atoms with Gasteiger partial charge in [-0.1, -0.05) is 54.6 Å². The summed E-state index contributed by atoms with van der Waals surface area (Å²) in [4.78, 5) is 32.7. The van der Waals surface area contributed by atoms with Gasteiger partial charge in [0.15, 0.2) is 28.8 Å². The average molecular weight is 643 g/mol. The van der Waals surface area contributed by atoms with Crippen molar-refractivity contribution in [2.24, 2.45) is 4.99 Å². The van der Waals surface area contributed by atoms with E-state index in [-0.39, 0.29) is 17.7 Å². The molecule has 1 aliphatic carbocycles. The van der Waals surface area contributed by atoms with Crippen LogP contribution in [0.3, 0.4) is 0 Å². The van der Waals surface area contributed by atoms with Gasteiger partial charge in [-0.25, -0.2) is 0 Å². The van der Waals surface area contributed by atoms with Crippen LogP contribution in [-0.2, 0) is 0 Å². The van der Waals surface area contributed by atoms with Crippen molar-refractivity contribution >= 4 is 35.2 Å². The van der Waals surface area contributed by atoms with E-state index >= 15 is 0 Å². The molecule has 8 nitrogen and oxygen atoms in total. The highest BCUT2D eigenvalue weighted by atomic mass is 16.5. The van der Waals surface area contributed by atoms with Crippen LogP contribution in [-0.4, -0.2) is 62.8 Å². The van der Waals surface area contributed by atoms with E-state index in [9.17, 15) is 9.59 Å². The predicted molar refractivity (Wildman–Crippen MR) is 186 cm³/mol. The first kappa shape index (κ1) is 31.2. The van der Waals surface area contributed by atoms with Gasteiger partial charge in [0, 0.05) is 30.0 Å². The molecule has 0 unspecified atom stereocenters. The Kier molecular flexibility index (Phi) is 8.97. The van der Waals surface area contributed by atoms with Crippen LogP contribution in [0.5, 0.6) is 23.0 Å². The molecular weight excluding hydrogens is 604 g/mol. The lowest BCUT2D eigenvalue weighted by Crippen LogP contribution is -2.35. The second kappa shape index (κ2) is 13.8. The molecule has 0 radical (unpaired) electrons. The van der Waals surface area contributed by atoms with Gasteiger partial charge >= 0.3 is 0 Å². The minimum atomic E-state index is -0.00315. The van der Waals surface area contributed by atoms with Crippen LogP contribution in [0, 0.1) is 0 Å². The van der Waals surface area contributed by atoms with Gasteiger partial charge in [-0.05, 0) is 78.6 Å². The maximum atomic E-state index is 13.1. The molecule has 1 saturated heterocycles. The Hall–Kier alpha value is -5.37. The number of carbonyl (C=O) groups excluding carboxylic acids is 2.